The molecule has 414 valence electrons. The molecular weight excluding hydrogens is 928 g/mol. The molecule has 0 heterocycles. The van der Waals surface area contributed by atoms with Crippen LogP contribution in [0.2, 0.25) is 0 Å². The van der Waals surface area contributed by atoms with Crippen LogP contribution < -0.4 is 0 Å². The number of phosphoric ester groups is 1. The highest BCUT2D eigenvalue weighted by Crippen LogP contribution is 2.43. The van der Waals surface area contributed by atoms with Crippen LogP contribution in [0.1, 0.15) is 239 Å². The molecule has 0 bridgehead atoms. The second-order valence-corrected chi connectivity index (χ2v) is 20.2. The molecule has 0 radical (unpaired) electrons. The number of esters is 3. The predicted octanol–water partition coefficient (Wildman–Crippen LogP) is 16.7. The number of allylic oxidation sites excluding steroid dienone is 14. The van der Waals surface area contributed by atoms with Gasteiger partial charge in [-0.15, -0.1) is 0 Å². The van der Waals surface area contributed by atoms with E-state index in [1.165, 1.54) is 89.9 Å². The zero-order chi connectivity index (χ0) is 52.7. The van der Waals surface area contributed by atoms with Gasteiger partial charge in [0.1, 0.15) is 12.7 Å². The highest BCUT2D eigenvalue weighted by Gasteiger charge is 2.28. The van der Waals surface area contributed by atoms with Crippen LogP contribution in [0.3, 0.4) is 0 Å². The Labute approximate surface area is 439 Å². The molecule has 72 heavy (non-hydrogen) atoms. The number of carbonyl (C=O) groups excluding carboxylic acids is 3. The third-order valence-corrected chi connectivity index (χ3v) is 12.8. The largest absolute Gasteiger partial charge is 0.472 e. The van der Waals surface area contributed by atoms with Crippen molar-refractivity contribution in [3.8, 4) is 0 Å². The number of aliphatic hydroxyl groups excluding tert-OH is 1. The standard InChI is InChI=1S/C60H103O11P/c1-4-7-10-13-16-19-21-23-25-27-28-30-32-34-36-39-42-45-48-51-60(64)71-57(53-67-58(62)49-46-43-40-38-35-33-31-29-26-24-22-20-17-14-11-8-5-2)55-69-72(65,66)68-54-56(52-61)70-59(63)50-47-44-41-37-18-15-12-9-6-3/h8,11,16-17,19-20,23-26,31,33,38,40,56-57,61H,4-7,9-10,12-15,18,21-22,27-30,32,34-37,39,41-55H2,1-3H3,(H,65,66)/b11-8-,19-16-,20-17-,25-23-,26-24-,33-31-,40-38-. The molecule has 0 aliphatic carbocycles. The molecule has 3 unspecified atom stereocenters. The summed E-state index contributed by atoms with van der Waals surface area (Å²) >= 11 is 0. The molecule has 0 saturated heterocycles. The van der Waals surface area contributed by atoms with Gasteiger partial charge in [0, 0.05) is 19.3 Å². The van der Waals surface area contributed by atoms with Gasteiger partial charge >= 0.3 is 25.7 Å². The van der Waals surface area contributed by atoms with Crippen molar-refractivity contribution in [2.45, 2.75) is 251 Å². The van der Waals surface area contributed by atoms with Crippen molar-refractivity contribution < 1.29 is 52.2 Å². The Hall–Kier alpha value is -3.34. The van der Waals surface area contributed by atoms with Crippen LogP contribution in [-0.4, -0.2) is 66.5 Å². The van der Waals surface area contributed by atoms with Crippen LogP contribution in [0.4, 0.5) is 0 Å². The van der Waals surface area contributed by atoms with Crippen molar-refractivity contribution >= 4 is 25.7 Å². The number of ether oxygens (including phenoxy) is 3. The summed E-state index contributed by atoms with van der Waals surface area (Å²) in [7, 11) is -4.76. The first kappa shape index (κ1) is 68.7. The first-order chi connectivity index (χ1) is 35.2. The summed E-state index contributed by atoms with van der Waals surface area (Å²) in [6, 6.07) is 0. The lowest BCUT2D eigenvalue weighted by Crippen LogP contribution is -2.30. The zero-order valence-electron chi connectivity index (χ0n) is 45.6. The van der Waals surface area contributed by atoms with Gasteiger partial charge in [-0.05, 0) is 89.9 Å². The third kappa shape index (κ3) is 51.6. The van der Waals surface area contributed by atoms with Gasteiger partial charge in [0.2, 0.25) is 0 Å². The molecule has 0 fully saturated rings. The van der Waals surface area contributed by atoms with E-state index in [0.717, 1.165) is 83.5 Å². The van der Waals surface area contributed by atoms with Crippen LogP contribution in [0.15, 0.2) is 85.1 Å². The summed E-state index contributed by atoms with van der Waals surface area (Å²) < 4.78 is 39.4. The SMILES string of the molecule is CC/C=C\C/C=C\C/C=C\C/C=C\C/C=C\CCCC(=O)OCC(COP(=O)(O)OCC(CO)OC(=O)CCCCCCCCCCC)OC(=O)CCCCCCCCCCC/C=C\C/C=C\CCCCC. The van der Waals surface area contributed by atoms with Gasteiger partial charge in [-0.3, -0.25) is 23.4 Å². The maximum atomic E-state index is 12.9. The summed E-state index contributed by atoms with van der Waals surface area (Å²) in [5, 5.41) is 9.77. The molecule has 3 atom stereocenters. The Kier molecular flexibility index (Phi) is 51.4. The number of hydrogen-bond acceptors (Lipinski definition) is 10. The van der Waals surface area contributed by atoms with Crippen molar-refractivity contribution in [3.05, 3.63) is 85.1 Å². The minimum atomic E-state index is -4.76. The number of hydrogen-bond donors (Lipinski definition) is 2. The Bertz CT molecular complexity index is 1530. The van der Waals surface area contributed by atoms with Crippen molar-refractivity contribution in [1.82, 2.24) is 0 Å². The first-order valence-electron chi connectivity index (χ1n) is 28.5. The van der Waals surface area contributed by atoms with E-state index >= 15 is 0 Å². The number of phosphoric acid groups is 1. The molecule has 0 rings (SSSR count). The zero-order valence-corrected chi connectivity index (χ0v) is 46.5. The molecule has 11 nitrogen and oxygen atoms in total. The molecule has 0 aliphatic rings. The highest BCUT2D eigenvalue weighted by molar-refractivity contribution is 7.47. The molecule has 0 spiro atoms. The van der Waals surface area contributed by atoms with Gasteiger partial charge in [0.25, 0.3) is 0 Å². The second-order valence-electron chi connectivity index (χ2n) is 18.7. The average Bonchev–Trinajstić information content (AvgIpc) is 3.37. The monoisotopic (exact) mass is 1030 g/mol. The lowest BCUT2D eigenvalue weighted by atomic mass is 10.1. The summed E-state index contributed by atoms with van der Waals surface area (Å²) in [6.07, 6.45) is 61.3. The smallest absolute Gasteiger partial charge is 0.462 e. The summed E-state index contributed by atoms with van der Waals surface area (Å²) in [5.41, 5.74) is 0. The fourth-order valence-electron chi connectivity index (χ4n) is 7.48. The minimum absolute atomic E-state index is 0.145. The molecule has 0 aliphatic heterocycles. The fraction of sp³-hybridized carbons (Fsp3) is 0.717. The van der Waals surface area contributed by atoms with Crippen molar-refractivity contribution in [3.63, 3.8) is 0 Å². The molecule has 0 aromatic heterocycles. The van der Waals surface area contributed by atoms with Crippen LogP contribution in [0, 0.1) is 0 Å². The predicted molar refractivity (Wildman–Crippen MR) is 298 cm³/mol. The van der Waals surface area contributed by atoms with E-state index in [0.29, 0.717) is 25.7 Å². The quantitative estimate of drug-likeness (QED) is 0.0197. The molecule has 2 N–H and O–H groups in total. The maximum Gasteiger partial charge on any atom is 0.472 e. The first-order valence-corrected chi connectivity index (χ1v) is 30.0. The van der Waals surface area contributed by atoms with Gasteiger partial charge in [0.05, 0.1) is 19.8 Å². The topological polar surface area (TPSA) is 155 Å². The number of unbranched alkanes of at least 4 members (excludes halogenated alkanes) is 21. The number of rotatable bonds is 52. The van der Waals surface area contributed by atoms with Gasteiger partial charge in [-0.2, -0.15) is 0 Å². The molecule has 0 saturated carbocycles. The second kappa shape index (κ2) is 53.9. The Balaban J connectivity index is 4.80. The van der Waals surface area contributed by atoms with E-state index in [1.54, 1.807) is 0 Å². The van der Waals surface area contributed by atoms with E-state index in [-0.39, 0.29) is 25.9 Å². The summed E-state index contributed by atoms with van der Waals surface area (Å²) in [4.78, 5) is 48.4. The molecule has 0 aromatic rings. The van der Waals surface area contributed by atoms with E-state index < -0.39 is 57.8 Å². The molecule has 0 aromatic carbocycles. The fourth-order valence-corrected chi connectivity index (χ4v) is 8.26. The maximum absolute atomic E-state index is 12.9. The molecular formula is C60H103O11P. The summed E-state index contributed by atoms with van der Waals surface area (Å²) in [6.45, 7) is 4.41. The molecule has 0 amide bonds. The minimum Gasteiger partial charge on any atom is -0.462 e. The van der Waals surface area contributed by atoms with Crippen molar-refractivity contribution in [1.29, 1.82) is 0 Å². The van der Waals surface area contributed by atoms with Gasteiger partial charge in [-0.1, -0.05) is 215 Å². The lowest BCUT2D eigenvalue weighted by Gasteiger charge is -2.21. The Morgan fingerprint density at radius 2 is 0.736 bits per heavy atom. The van der Waals surface area contributed by atoms with E-state index in [9.17, 15) is 28.9 Å². The number of carbonyl (C=O) groups is 3. The van der Waals surface area contributed by atoms with E-state index in [4.69, 9.17) is 23.3 Å². The van der Waals surface area contributed by atoms with Crippen LogP contribution in [0.25, 0.3) is 0 Å². The normalized spacial score (nSPS) is 14.0. The van der Waals surface area contributed by atoms with Crippen molar-refractivity contribution in [2.24, 2.45) is 0 Å². The summed E-state index contributed by atoms with van der Waals surface area (Å²) in [5.74, 6) is -1.54. The third-order valence-electron chi connectivity index (χ3n) is 11.8. The number of aliphatic hydroxyl groups is 1. The van der Waals surface area contributed by atoms with Crippen LogP contribution in [0.5, 0.6) is 0 Å². The Morgan fingerprint density at radius 1 is 0.403 bits per heavy atom. The van der Waals surface area contributed by atoms with E-state index in [1.807, 2.05) is 6.08 Å². The van der Waals surface area contributed by atoms with Crippen LogP contribution in [-0.2, 0) is 42.2 Å². The van der Waals surface area contributed by atoms with E-state index in [2.05, 4.69) is 99.8 Å². The van der Waals surface area contributed by atoms with Crippen LogP contribution >= 0.6 is 7.82 Å². The lowest BCUT2D eigenvalue weighted by molar-refractivity contribution is -0.161. The van der Waals surface area contributed by atoms with Gasteiger partial charge in [0.15, 0.2) is 6.10 Å². The van der Waals surface area contributed by atoms with Gasteiger partial charge in [-0.25, -0.2) is 4.57 Å². The average molecular weight is 1030 g/mol. The highest BCUT2D eigenvalue weighted by atomic mass is 31.2. The Morgan fingerprint density at radius 3 is 1.18 bits per heavy atom. The van der Waals surface area contributed by atoms with Crippen molar-refractivity contribution in [2.75, 3.05) is 26.4 Å². The van der Waals surface area contributed by atoms with Gasteiger partial charge < -0.3 is 24.2 Å². The molecule has 12 heteroatoms.